The quantitative estimate of drug-likeness (QED) is 0.746. The Bertz CT molecular complexity index is 944. The van der Waals surface area contributed by atoms with Crippen molar-refractivity contribution in [3.05, 3.63) is 35.5 Å². The largest absolute Gasteiger partial charge is 0.490 e. The summed E-state index contributed by atoms with van der Waals surface area (Å²) in [5.74, 6) is -2.14. The maximum absolute atomic E-state index is 10.6. The minimum Gasteiger partial charge on any atom is -0.475 e. The van der Waals surface area contributed by atoms with Crippen molar-refractivity contribution in [3.63, 3.8) is 0 Å². The first-order valence-corrected chi connectivity index (χ1v) is 10.1. The lowest BCUT2D eigenvalue weighted by atomic mass is 9.84. The number of aliphatic carboxylic acids is 1. The highest BCUT2D eigenvalue weighted by Crippen LogP contribution is 2.36. The van der Waals surface area contributed by atoms with E-state index in [1.807, 2.05) is 25.6 Å². The maximum atomic E-state index is 10.6. The minimum absolute atomic E-state index is 0.0756. The van der Waals surface area contributed by atoms with E-state index in [2.05, 4.69) is 26.0 Å². The monoisotopic (exact) mass is 457 g/mol. The molecule has 2 aliphatic heterocycles. The molecule has 32 heavy (non-hydrogen) atoms. The molecular formula is C20H26F3N5O4. The summed E-state index contributed by atoms with van der Waals surface area (Å²) in [5, 5.41) is 11.5. The van der Waals surface area contributed by atoms with Crippen LogP contribution in [0.5, 0.6) is 5.88 Å². The number of halogens is 3. The molecule has 1 atom stereocenters. The third-order valence-corrected chi connectivity index (χ3v) is 5.22. The molecule has 2 aliphatic rings. The van der Waals surface area contributed by atoms with E-state index < -0.39 is 12.1 Å². The molecule has 1 N–H and O–H groups in total. The molecule has 1 unspecified atom stereocenters. The Morgan fingerprint density at radius 2 is 2.00 bits per heavy atom. The lowest BCUT2D eigenvalue weighted by Gasteiger charge is -2.53. The Balaban J connectivity index is 0.000000360. The molecule has 4 heterocycles. The third-order valence-electron chi connectivity index (χ3n) is 5.22. The fourth-order valence-corrected chi connectivity index (χ4v) is 3.89. The minimum atomic E-state index is -5.08. The molecule has 1 spiro atoms. The average Bonchev–Trinajstić information content (AvgIpc) is 2.97. The molecule has 12 heteroatoms. The van der Waals surface area contributed by atoms with Crippen molar-refractivity contribution in [2.24, 2.45) is 7.05 Å². The molecule has 0 amide bonds. The Morgan fingerprint density at radius 1 is 1.31 bits per heavy atom. The SMILES string of the molecule is Cc1cncc(OC2CCOC3(C2)CN(Cc2cc(C)nn2C)C3)n1.O=C(O)C(F)(F)F. The fourth-order valence-electron chi connectivity index (χ4n) is 3.89. The van der Waals surface area contributed by atoms with Crippen LogP contribution < -0.4 is 4.74 Å². The van der Waals surface area contributed by atoms with Crippen LogP contribution in [0.1, 0.15) is 29.9 Å². The van der Waals surface area contributed by atoms with Crippen molar-refractivity contribution in [3.8, 4) is 5.88 Å². The van der Waals surface area contributed by atoms with Gasteiger partial charge in [0.25, 0.3) is 0 Å². The molecule has 176 valence electrons. The van der Waals surface area contributed by atoms with E-state index in [0.29, 0.717) is 5.88 Å². The second-order valence-corrected chi connectivity index (χ2v) is 8.11. The van der Waals surface area contributed by atoms with Gasteiger partial charge in [-0.15, -0.1) is 0 Å². The van der Waals surface area contributed by atoms with Crippen molar-refractivity contribution in [1.29, 1.82) is 0 Å². The second-order valence-electron chi connectivity index (χ2n) is 8.11. The van der Waals surface area contributed by atoms with Crippen LogP contribution in [-0.4, -0.2) is 73.3 Å². The van der Waals surface area contributed by atoms with Gasteiger partial charge in [0.2, 0.25) is 5.88 Å². The third kappa shape index (κ3) is 6.16. The van der Waals surface area contributed by atoms with Crippen LogP contribution in [0.3, 0.4) is 0 Å². The van der Waals surface area contributed by atoms with E-state index in [1.54, 1.807) is 12.4 Å². The summed E-state index contributed by atoms with van der Waals surface area (Å²) in [6.07, 6.45) is 0.294. The highest BCUT2D eigenvalue weighted by Gasteiger charge is 2.48. The number of ether oxygens (including phenoxy) is 2. The van der Waals surface area contributed by atoms with Gasteiger partial charge in [0.05, 0.1) is 35.5 Å². The van der Waals surface area contributed by atoms with Crippen LogP contribution in [0.15, 0.2) is 18.5 Å². The Labute approximate surface area is 183 Å². The Kier molecular flexibility index (Phi) is 7.03. The summed E-state index contributed by atoms with van der Waals surface area (Å²) >= 11 is 0. The van der Waals surface area contributed by atoms with Gasteiger partial charge in [-0.3, -0.25) is 14.6 Å². The van der Waals surface area contributed by atoms with Crippen LogP contribution in [0.25, 0.3) is 0 Å². The smallest absolute Gasteiger partial charge is 0.475 e. The summed E-state index contributed by atoms with van der Waals surface area (Å²) in [4.78, 5) is 19.9. The number of alkyl halides is 3. The van der Waals surface area contributed by atoms with E-state index in [0.717, 1.165) is 50.5 Å². The van der Waals surface area contributed by atoms with E-state index >= 15 is 0 Å². The summed E-state index contributed by atoms with van der Waals surface area (Å²) in [5.41, 5.74) is 3.11. The van der Waals surface area contributed by atoms with Crippen molar-refractivity contribution in [2.45, 2.75) is 51.1 Å². The summed E-state index contributed by atoms with van der Waals surface area (Å²) in [6.45, 7) is 7.49. The highest BCUT2D eigenvalue weighted by atomic mass is 19.4. The number of aromatic nitrogens is 4. The molecule has 2 fully saturated rings. The fraction of sp³-hybridized carbons (Fsp3) is 0.600. The second kappa shape index (κ2) is 9.41. The first-order chi connectivity index (χ1) is 15.0. The van der Waals surface area contributed by atoms with Crippen LogP contribution >= 0.6 is 0 Å². The van der Waals surface area contributed by atoms with E-state index in [9.17, 15) is 13.2 Å². The standard InChI is InChI=1S/C18H25N5O2.C2HF3O2/c1-13-6-15(22(3)21-13)10-23-11-18(12-23)7-16(4-5-24-18)25-17-9-19-8-14(2)20-17;3-2(4,5)1(6)7/h6,8-9,16H,4-5,7,10-12H2,1-3H3;(H,6,7). The van der Waals surface area contributed by atoms with Gasteiger partial charge in [0.15, 0.2) is 0 Å². The van der Waals surface area contributed by atoms with Gasteiger partial charge >= 0.3 is 12.1 Å². The number of carboxylic acid groups (broad SMARTS) is 1. The topological polar surface area (TPSA) is 103 Å². The zero-order chi connectivity index (χ0) is 23.5. The lowest BCUT2D eigenvalue weighted by molar-refractivity contribution is -0.192. The van der Waals surface area contributed by atoms with Crippen molar-refractivity contribution in [1.82, 2.24) is 24.6 Å². The van der Waals surface area contributed by atoms with Gasteiger partial charge in [-0.2, -0.15) is 18.3 Å². The van der Waals surface area contributed by atoms with Gasteiger partial charge < -0.3 is 14.6 Å². The van der Waals surface area contributed by atoms with Gasteiger partial charge in [0.1, 0.15) is 6.10 Å². The number of carboxylic acids is 1. The van der Waals surface area contributed by atoms with E-state index in [4.69, 9.17) is 19.4 Å². The summed E-state index contributed by atoms with van der Waals surface area (Å²) in [7, 11) is 2.00. The molecule has 2 aromatic heterocycles. The molecular weight excluding hydrogens is 431 g/mol. The summed E-state index contributed by atoms with van der Waals surface area (Å²) in [6, 6.07) is 2.15. The number of likely N-dealkylation sites (tertiary alicyclic amines) is 1. The number of hydrogen-bond donors (Lipinski definition) is 1. The molecule has 9 nitrogen and oxygen atoms in total. The zero-order valence-corrected chi connectivity index (χ0v) is 18.1. The number of aryl methyl sites for hydroxylation is 3. The van der Waals surface area contributed by atoms with E-state index in [-0.39, 0.29) is 11.7 Å². The van der Waals surface area contributed by atoms with Crippen molar-refractivity contribution in [2.75, 3.05) is 19.7 Å². The molecule has 4 rings (SSSR count). The predicted molar refractivity (Wildman–Crippen MR) is 106 cm³/mol. The molecule has 0 aliphatic carbocycles. The van der Waals surface area contributed by atoms with Crippen LogP contribution in [0.4, 0.5) is 13.2 Å². The first kappa shape index (κ1) is 23.9. The van der Waals surface area contributed by atoms with Gasteiger partial charge in [-0.05, 0) is 19.9 Å². The van der Waals surface area contributed by atoms with Crippen LogP contribution in [0, 0.1) is 13.8 Å². The van der Waals surface area contributed by atoms with Gasteiger partial charge in [-0.1, -0.05) is 0 Å². The molecule has 0 aromatic carbocycles. The first-order valence-electron chi connectivity index (χ1n) is 10.1. The van der Waals surface area contributed by atoms with Gasteiger partial charge in [-0.25, -0.2) is 9.78 Å². The average molecular weight is 457 g/mol. The highest BCUT2D eigenvalue weighted by molar-refractivity contribution is 5.73. The zero-order valence-electron chi connectivity index (χ0n) is 18.1. The van der Waals surface area contributed by atoms with Crippen LogP contribution in [0.2, 0.25) is 0 Å². The molecule has 0 saturated carbocycles. The lowest BCUT2D eigenvalue weighted by Crippen LogP contribution is -2.65. The van der Waals surface area contributed by atoms with E-state index in [1.165, 1.54) is 5.69 Å². The number of rotatable bonds is 4. The molecule has 2 saturated heterocycles. The normalized spacial score (nSPS) is 20.2. The molecule has 0 radical (unpaired) electrons. The summed E-state index contributed by atoms with van der Waals surface area (Å²) < 4.78 is 45.9. The van der Waals surface area contributed by atoms with Crippen LogP contribution in [-0.2, 0) is 23.1 Å². The van der Waals surface area contributed by atoms with Gasteiger partial charge in [0, 0.05) is 45.7 Å². The Hall–Kier alpha value is -2.73. The molecule has 0 bridgehead atoms. The van der Waals surface area contributed by atoms with Crippen molar-refractivity contribution < 1.29 is 32.5 Å². The number of hydrogen-bond acceptors (Lipinski definition) is 7. The number of nitrogens with zero attached hydrogens (tertiary/aromatic N) is 5. The Morgan fingerprint density at radius 3 is 2.56 bits per heavy atom. The molecule has 2 aromatic rings. The maximum Gasteiger partial charge on any atom is 0.490 e. The predicted octanol–water partition coefficient (Wildman–Crippen LogP) is 2.27. The number of carbonyl (C=O) groups is 1. The van der Waals surface area contributed by atoms with Crippen molar-refractivity contribution >= 4 is 5.97 Å².